The second-order valence-electron chi connectivity index (χ2n) is 7.70. The summed E-state index contributed by atoms with van der Waals surface area (Å²) in [4.78, 5) is 21.2. The third-order valence-corrected chi connectivity index (χ3v) is 5.82. The molecular formula is C24H28N3O3+. The number of aryl methyl sites for hydroxylation is 1. The Kier molecular flexibility index (Phi) is 5.86. The highest BCUT2D eigenvalue weighted by Gasteiger charge is 2.26. The zero-order valence-electron chi connectivity index (χ0n) is 17.5. The van der Waals surface area contributed by atoms with Crippen LogP contribution in [0.15, 0.2) is 48.5 Å². The lowest BCUT2D eigenvalue weighted by Crippen LogP contribution is -3.13. The van der Waals surface area contributed by atoms with Crippen LogP contribution in [0.1, 0.15) is 28.5 Å². The first-order valence-electron chi connectivity index (χ1n) is 10.5. The number of nitrogens with one attached hydrogen (secondary N) is 1. The molecule has 1 aliphatic rings. The number of carbonyl (C=O) groups is 1. The number of phenols is 1. The lowest BCUT2D eigenvalue weighted by atomic mass is 10.0. The second-order valence-corrected chi connectivity index (χ2v) is 7.70. The Balaban J connectivity index is 1.57. The minimum absolute atomic E-state index is 0.296. The first-order chi connectivity index (χ1) is 14.6. The van der Waals surface area contributed by atoms with Gasteiger partial charge in [0.05, 0.1) is 49.6 Å². The lowest BCUT2D eigenvalue weighted by Gasteiger charge is -2.34. The average Bonchev–Trinajstić information content (AvgIpc) is 2.75. The molecule has 2 aromatic carbocycles. The quantitative estimate of drug-likeness (QED) is 0.637. The van der Waals surface area contributed by atoms with Gasteiger partial charge in [0.25, 0.3) is 0 Å². The number of aromatic hydroxyl groups is 1. The topological polar surface area (TPSA) is 67.1 Å². The standard InChI is InChI=1S/C24H27N3O3/c1-3-30-24(29)23-17(2)18-8-4-5-9-19(18)25-20(23)16-26-12-14-27(15-13-26)21-10-6-7-11-22(21)28/h4-11,28H,3,12-16H2,1-2H3/p+1. The van der Waals surface area contributed by atoms with Gasteiger partial charge in [0.1, 0.15) is 18.0 Å². The second kappa shape index (κ2) is 8.71. The van der Waals surface area contributed by atoms with E-state index in [1.54, 1.807) is 6.07 Å². The summed E-state index contributed by atoms with van der Waals surface area (Å²) >= 11 is 0. The maximum Gasteiger partial charge on any atom is 0.340 e. The number of rotatable bonds is 5. The largest absolute Gasteiger partial charge is 0.506 e. The van der Waals surface area contributed by atoms with Gasteiger partial charge in [0, 0.05) is 5.39 Å². The van der Waals surface area contributed by atoms with Crippen LogP contribution in [0.4, 0.5) is 5.69 Å². The van der Waals surface area contributed by atoms with E-state index in [0.717, 1.165) is 54.0 Å². The van der Waals surface area contributed by atoms with Gasteiger partial charge in [-0.2, -0.15) is 0 Å². The molecule has 0 amide bonds. The Labute approximate surface area is 176 Å². The van der Waals surface area contributed by atoms with Crippen molar-refractivity contribution in [2.75, 3.05) is 37.7 Å². The van der Waals surface area contributed by atoms with Gasteiger partial charge in [0.2, 0.25) is 0 Å². The highest BCUT2D eigenvalue weighted by molar-refractivity contribution is 5.98. The van der Waals surface area contributed by atoms with Crippen molar-refractivity contribution in [3.63, 3.8) is 0 Å². The molecule has 0 spiro atoms. The van der Waals surface area contributed by atoms with Crippen molar-refractivity contribution >= 4 is 22.6 Å². The third kappa shape index (κ3) is 3.96. The summed E-state index contributed by atoms with van der Waals surface area (Å²) < 4.78 is 5.35. The number of piperazine rings is 1. The number of quaternary nitrogens is 1. The molecule has 2 heterocycles. The summed E-state index contributed by atoms with van der Waals surface area (Å²) in [5, 5.41) is 11.1. The van der Waals surface area contributed by atoms with Crippen molar-refractivity contribution in [3.8, 4) is 5.75 Å². The molecule has 0 aliphatic carbocycles. The van der Waals surface area contributed by atoms with Gasteiger partial charge in [0.15, 0.2) is 0 Å². The molecule has 0 radical (unpaired) electrons. The van der Waals surface area contributed by atoms with E-state index in [1.165, 1.54) is 4.90 Å². The first kappa shape index (κ1) is 20.2. The maximum absolute atomic E-state index is 12.7. The summed E-state index contributed by atoms with van der Waals surface area (Å²) in [7, 11) is 0. The Hall–Kier alpha value is -3.12. The predicted molar refractivity (Wildman–Crippen MR) is 117 cm³/mol. The summed E-state index contributed by atoms with van der Waals surface area (Å²) in [5.41, 5.74) is 4.12. The van der Waals surface area contributed by atoms with E-state index in [0.29, 0.717) is 24.5 Å². The van der Waals surface area contributed by atoms with E-state index >= 15 is 0 Å². The molecule has 4 rings (SSSR count). The van der Waals surface area contributed by atoms with Gasteiger partial charge in [-0.1, -0.05) is 30.3 Å². The number of benzene rings is 2. The minimum Gasteiger partial charge on any atom is -0.506 e. The number of pyridine rings is 1. The van der Waals surface area contributed by atoms with Crippen molar-refractivity contribution in [1.29, 1.82) is 0 Å². The van der Waals surface area contributed by atoms with Crippen LogP contribution in [0.5, 0.6) is 5.75 Å². The summed E-state index contributed by atoms with van der Waals surface area (Å²) in [5.74, 6) is 0.0212. The SMILES string of the molecule is CCOC(=O)c1c(C[NH+]2CCN(c3ccccc3O)CC2)nc2ccccc2c1C. The number of carbonyl (C=O) groups excluding carboxylic acids is 1. The molecule has 0 unspecified atom stereocenters. The smallest absolute Gasteiger partial charge is 0.340 e. The van der Waals surface area contributed by atoms with E-state index < -0.39 is 0 Å². The van der Waals surface area contributed by atoms with Crippen molar-refractivity contribution in [2.45, 2.75) is 20.4 Å². The molecule has 30 heavy (non-hydrogen) atoms. The Morgan fingerprint density at radius 3 is 2.57 bits per heavy atom. The monoisotopic (exact) mass is 406 g/mol. The highest BCUT2D eigenvalue weighted by Crippen LogP contribution is 2.26. The predicted octanol–water partition coefficient (Wildman–Crippen LogP) is 2.33. The molecule has 1 aliphatic heterocycles. The molecule has 0 atom stereocenters. The van der Waals surface area contributed by atoms with Crippen LogP contribution < -0.4 is 9.80 Å². The number of nitrogens with zero attached hydrogens (tertiary/aromatic N) is 2. The van der Waals surface area contributed by atoms with Crippen molar-refractivity contribution in [3.05, 3.63) is 65.4 Å². The molecule has 6 nitrogen and oxygen atoms in total. The van der Waals surface area contributed by atoms with E-state index in [4.69, 9.17) is 9.72 Å². The van der Waals surface area contributed by atoms with Crippen LogP contribution in [0, 0.1) is 6.92 Å². The van der Waals surface area contributed by atoms with Crippen LogP contribution in [0.3, 0.4) is 0 Å². The van der Waals surface area contributed by atoms with Crippen LogP contribution in [0.2, 0.25) is 0 Å². The van der Waals surface area contributed by atoms with Gasteiger partial charge >= 0.3 is 5.97 Å². The fourth-order valence-electron chi connectivity index (χ4n) is 4.25. The molecule has 156 valence electrons. The number of hydrogen-bond acceptors (Lipinski definition) is 5. The summed E-state index contributed by atoms with van der Waals surface area (Å²) in [6.45, 7) is 8.32. The van der Waals surface area contributed by atoms with E-state index in [1.807, 2.05) is 56.3 Å². The molecule has 2 N–H and O–H groups in total. The van der Waals surface area contributed by atoms with Crippen molar-refractivity contribution < 1.29 is 19.5 Å². The molecule has 1 fully saturated rings. The molecule has 3 aromatic rings. The van der Waals surface area contributed by atoms with E-state index in [9.17, 15) is 9.90 Å². The number of esters is 1. The Bertz CT molecular complexity index is 1060. The fourth-order valence-corrected chi connectivity index (χ4v) is 4.25. The molecule has 0 bridgehead atoms. The van der Waals surface area contributed by atoms with Crippen LogP contribution >= 0.6 is 0 Å². The van der Waals surface area contributed by atoms with E-state index in [-0.39, 0.29) is 5.97 Å². The summed E-state index contributed by atoms with van der Waals surface area (Å²) in [6.07, 6.45) is 0. The van der Waals surface area contributed by atoms with E-state index in [2.05, 4.69) is 4.90 Å². The average molecular weight is 407 g/mol. The maximum atomic E-state index is 12.7. The third-order valence-electron chi connectivity index (χ3n) is 5.82. The van der Waals surface area contributed by atoms with Crippen molar-refractivity contribution in [2.24, 2.45) is 0 Å². The van der Waals surface area contributed by atoms with Gasteiger partial charge in [-0.05, 0) is 37.6 Å². The number of phenolic OH excluding ortho intramolecular Hbond substituents is 1. The Morgan fingerprint density at radius 2 is 1.83 bits per heavy atom. The fraction of sp³-hybridized carbons (Fsp3) is 0.333. The van der Waals surface area contributed by atoms with Gasteiger partial charge < -0.3 is 19.6 Å². The summed E-state index contributed by atoms with van der Waals surface area (Å²) in [6, 6.07) is 15.4. The lowest BCUT2D eigenvalue weighted by molar-refractivity contribution is -0.914. The van der Waals surface area contributed by atoms with Gasteiger partial charge in [-0.15, -0.1) is 0 Å². The zero-order valence-corrected chi connectivity index (χ0v) is 17.5. The van der Waals surface area contributed by atoms with Crippen LogP contribution in [-0.4, -0.2) is 48.8 Å². The molecule has 6 heteroatoms. The molecular weight excluding hydrogens is 378 g/mol. The van der Waals surface area contributed by atoms with Crippen LogP contribution in [0.25, 0.3) is 10.9 Å². The number of ether oxygens (including phenoxy) is 1. The Morgan fingerprint density at radius 1 is 1.13 bits per heavy atom. The number of anilines is 1. The number of fused-ring (bicyclic) bond motifs is 1. The highest BCUT2D eigenvalue weighted by atomic mass is 16.5. The minimum atomic E-state index is -0.296. The van der Waals surface area contributed by atoms with Crippen molar-refractivity contribution in [1.82, 2.24) is 4.98 Å². The molecule has 0 saturated carbocycles. The molecule has 1 saturated heterocycles. The normalized spacial score (nSPS) is 14.8. The first-order valence-corrected chi connectivity index (χ1v) is 10.5. The van der Waals surface area contributed by atoms with Gasteiger partial charge in [-0.25, -0.2) is 9.78 Å². The number of hydrogen-bond donors (Lipinski definition) is 2. The van der Waals surface area contributed by atoms with Gasteiger partial charge in [-0.3, -0.25) is 0 Å². The molecule has 1 aromatic heterocycles. The number of aromatic nitrogens is 1. The number of para-hydroxylation sites is 3. The van der Waals surface area contributed by atoms with Crippen LogP contribution in [-0.2, 0) is 11.3 Å². The zero-order chi connectivity index (χ0) is 21.1.